The number of rotatable bonds is 4. The van der Waals surface area contributed by atoms with E-state index in [9.17, 15) is 8.42 Å². The molecule has 0 spiro atoms. The van der Waals surface area contributed by atoms with Crippen LogP contribution in [0.1, 0.15) is 44.1 Å². The molecule has 1 fully saturated rings. The van der Waals surface area contributed by atoms with E-state index in [2.05, 4.69) is 0 Å². The Balaban J connectivity index is 2.37. The van der Waals surface area contributed by atoms with Crippen LogP contribution in [-0.2, 0) is 10.0 Å². The minimum absolute atomic E-state index is 0.363. The molecule has 1 saturated carbocycles. The van der Waals surface area contributed by atoms with E-state index in [0.717, 1.165) is 31.2 Å². The highest BCUT2D eigenvalue weighted by Gasteiger charge is 2.40. The Morgan fingerprint density at radius 3 is 2.33 bits per heavy atom. The van der Waals surface area contributed by atoms with Crippen molar-refractivity contribution in [1.29, 1.82) is 0 Å². The lowest BCUT2D eigenvalue weighted by Crippen LogP contribution is -2.54. The Labute approximate surface area is 128 Å². The van der Waals surface area contributed by atoms with Crippen molar-refractivity contribution >= 4 is 10.0 Å². The SMILES string of the molecule is Cc1cccc(S(=O)(=O)N(C)C2(CN)CCCCCC2)c1. The van der Waals surface area contributed by atoms with Crippen LogP contribution >= 0.6 is 0 Å². The molecule has 1 aromatic carbocycles. The van der Waals surface area contributed by atoms with Crippen LogP contribution in [0.2, 0.25) is 0 Å². The number of nitrogens with two attached hydrogens (primary N) is 1. The van der Waals surface area contributed by atoms with Gasteiger partial charge < -0.3 is 5.73 Å². The van der Waals surface area contributed by atoms with Crippen LogP contribution in [0.15, 0.2) is 29.2 Å². The van der Waals surface area contributed by atoms with Gasteiger partial charge in [-0.3, -0.25) is 0 Å². The lowest BCUT2D eigenvalue weighted by molar-refractivity contribution is 0.196. The molecule has 118 valence electrons. The van der Waals surface area contributed by atoms with Crippen molar-refractivity contribution in [3.8, 4) is 0 Å². The third kappa shape index (κ3) is 3.30. The number of nitrogens with zero attached hydrogens (tertiary/aromatic N) is 1. The molecule has 0 aliphatic heterocycles. The molecule has 0 aromatic heterocycles. The summed E-state index contributed by atoms with van der Waals surface area (Å²) in [5, 5.41) is 0. The Kier molecular flexibility index (Phi) is 5.07. The molecule has 0 atom stereocenters. The van der Waals surface area contributed by atoms with Crippen molar-refractivity contribution < 1.29 is 8.42 Å². The van der Waals surface area contributed by atoms with Gasteiger partial charge in [0.25, 0.3) is 0 Å². The molecule has 0 saturated heterocycles. The van der Waals surface area contributed by atoms with Crippen LogP contribution in [-0.4, -0.2) is 31.9 Å². The second kappa shape index (κ2) is 6.46. The van der Waals surface area contributed by atoms with Gasteiger partial charge >= 0.3 is 0 Å². The molecular formula is C16H26N2O2S. The summed E-state index contributed by atoms with van der Waals surface area (Å²) in [5.41, 5.74) is 6.53. The maximum Gasteiger partial charge on any atom is 0.243 e. The van der Waals surface area contributed by atoms with Crippen molar-refractivity contribution in [3.05, 3.63) is 29.8 Å². The number of likely N-dealkylation sites (N-methyl/N-ethyl adjacent to an activating group) is 1. The molecule has 0 radical (unpaired) electrons. The lowest BCUT2D eigenvalue weighted by atomic mass is 9.90. The fourth-order valence-electron chi connectivity index (χ4n) is 3.22. The summed E-state index contributed by atoms with van der Waals surface area (Å²) in [6.07, 6.45) is 6.13. The van der Waals surface area contributed by atoms with E-state index in [4.69, 9.17) is 5.73 Å². The first-order valence-corrected chi connectivity index (χ1v) is 9.12. The number of hydrogen-bond acceptors (Lipinski definition) is 3. The summed E-state index contributed by atoms with van der Waals surface area (Å²) < 4.78 is 27.4. The molecule has 5 heteroatoms. The second-order valence-corrected chi connectivity index (χ2v) is 8.10. The number of aryl methyl sites for hydroxylation is 1. The molecule has 1 aliphatic rings. The predicted molar refractivity (Wildman–Crippen MR) is 85.6 cm³/mol. The Hall–Kier alpha value is -0.910. The van der Waals surface area contributed by atoms with E-state index in [1.807, 2.05) is 13.0 Å². The van der Waals surface area contributed by atoms with Crippen molar-refractivity contribution in [2.45, 2.75) is 55.9 Å². The molecular weight excluding hydrogens is 284 g/mol. The fourth-order valence-corrected chi connectivity index (χ4v) is 4.89. The predicted octanol–water partition coefficient (Wildman–Crippen LogP) is 2.67. The van der Waals surface area contributed by atoms with Gasteiger partial charge in [-0.25, -0.2) is 8.42 Å². The van der Waals surface area contributed by atoms with Crippen LogP contribution in [0.3, 0.4) is 0 Å². The highest BCUT2D eigenvalue weighted by atomic mass is 32.2. The highest BCUT2D eigenvalue weighted by molar-refractivity contribution is 7.89. The molecule has 0 unspecified atom stereocenters. The van der Waals surface area contributed by atoms with E-state index in [-0.39, 0.29) is 0 Å². The standard InChI is InChI=1S/C16H26N2O2S/c1-14-8-7-9-15(12-14)21(19,20)18(2)16(13-17)10-5-3-4-6-11-16/h7-9,12H,3-6,10-11,13,17H2,1-2H3. The summed E-state index contributed by atoms with van der Waals surface area (Å²) in [4.78, 5) is 0.363. The summed E-state index contributed by atoms with van der Waals surface area (Å²) >= 11 is 0. The van der Waals surface area contributed by atoms with Crippen molar-refractivity contribution in [3.63, 3.8) is 0 Å². The summed E-state index contributed by atoms with van der Waals surface area (Å²) in [5.74, 6) is 0. The topological polar surface area (TPSA) is 63.4 Å². The number of sulfonamides is 1. The zero-order valence-electron chi connectivity index (χ0n) is 13.0. The van der Waals surface area contributed by atoms with E-state index >= 15 is 0 Å². The molecule has 1 aromatic rings. The van der Waals surface area contributed by atoms with E-state index in [1.165, 1.54) is 12.8 Å². The molecule has 0 heterocycles. The second-order valence-electron chi connectivity index (χ2n) is 6.13. The zero-order valence-corrected chi connectivity index (χ0v) is 13.8. The smallest absolute Gasteiger partial charge is 0.243 e. The van der Waals surface area contributed by atoms with E-state index in [0.29, 0.717) is 11.4 Å². The first-order valence-electron chi connectivity index (χ1n) is 7.68. The van der Waals surface area contributed by atoms with Gasteiger partial charge in [0, 0.05) is 19.1 Å². The third-order valence-corrected chi connectivity index (χ3v) is 6.69. The van der Waals surface area contributed by atoms with Crippen LogP contribution in [0, 0.1) is 6.92 Å². The normalized spacial score (nSPS) is 19.4. The van der Waals surface area contributed by atoms with Gasteiger partial charge in [-0.15, -0.1) is 0 Å². The molecule has 2 rings (SSSR count). The monoisotopic (exact) mass is 310 g/mol. The third-order valence-electron chi connectivity index (χ3n) is 4.73. The molecule has 0 amide bonds. The Morgan fingerprint density at radius 2 is 1.81 bits per heavy atom. The number of hydrogen-bond donors (Lipinski definition) is 1. The first-order chi connectivity index (χ1) is 9.92. The van der Waals surface area contributed by atoms with Gasteiger partial charge in [-0.2, -0.15) is 4.31 Å². The van der Waals surface area contributed by atoms with Crippen LogP contribution in [0.25, 0.3) is 0 Å². The molecule has 2 N–H and O–H groups in total. The fraction of sp³-hybridized carbons (Fsp3) is 0.625. The quantitative estimate of drug-likeness (QED) is 0.870. The minimum atomic E-state index is -3.49. The molecule has 1 aliphatic carbocycles. The molecule has 4 nitrogen and oxygen atoms in total. The molecule has 0 bridgehead atoms. The minimum Gasteiger partial charge on any atom is -0.329 e. The molecule has 21 heavy (non-hydrogen) atoms. The summed E-state index contributed by atoms with van der Waals surface area (Å²) in [6.45, 7) is 2.29. The lowest BCUT2D eigenvalue weighted by Gasteiger charge is -2.39. The van der Waals surface area contributed by atoms with Gasteiger partial charge in [-0.05, 0) is 37.5 Å². The maximum absolute atomic E-state index is 12.9. The van der Waals surface area contributed by atoms with Crippen molar-refractivity contribution in [1.82, 2.24) is 4.31 Å². The van der Waals surface area contributed by atoms with Gasteiger partial charge in [0.1, 0.15) is 0 Å². The van der Waals surface area contributed by atoms with Gasteiger partial charge in [0.15, 0.2) is 0 Å². The van der Waals surface area contributed by atoms with Gasteiger partial charge in [-0.1, -0.05) is 37.8 Å². The van der Waals surface area contributed by atoms with Gasteiger partial charge in [0.05, 0.1) is 4.90 Å². The average Bonchev–Trinajstić information content (AvgIpc) is 2.72. The van der Waals surface area contributed by atoms with E-state index in [1.54, 1.807) is 29.6 Å². The van der Waals surface area contributed by atoms with Crippen molar-refractivity contribution in [2.24, 2.45) is 5.73 Å². The Bertz CT molecular complexity index is 576. The van der Waals surface area contributed by atoms with Crippen LogP contribution < -0.4 is 5.73 Å². The van der Waals surface area contributed by atoms with Crippen LogP contribution in [0.5, 0.6) is 0 Å². The Morgan fingerprint density at radius 1 is 1.19 bits per heavy atom. The zero-order chi connectivity index (χ0) is 15.5. The van der Waals surface area contributed by atoms with E-state index < -0.39 is 15.6 Å². The largest absolute Gasteiger partial charge is 0.329 e. The number of benzene rings is 1. The first kappa shape index (κ1) is 16.5. The maximum atomic E-state index is 12.9. The highest BCUT2D eigenvalue weighted by Crippen LogP contribution is 2.34. The average molecular weight is 310 g/mol. The summed E-state index contributed by atoms with van der Waals surface area (Å²) in [6, 6.07) is 7.09. The van der Waals surface area contributed by atoms with Crippen LogP contribution in [0.4, 0.5) is 0 Å². The van der Waals surface area contributed by atoms with Crippen molar-refractivity contribution in [2.75, 3.05) is 13.6 Å². The summed E-state index contributed by atoms with van der Waals surface area (Å²) in [7, 11) is -1.80. The van der Waals surface area contributed by atoms with Gasteiger partial charge in [0.2, 0.25) is 10.0 Å².